The summed E-state index contributed by atoms with van der Waals surface area (Å²) in [4.78, 5) is 19.4. The Labute approximate surface area is 190 Å². The molecule has 0 spiro atoms. The molecule has 7 nitrogen and oxygen atoms in total. The number of alkyl halides is 3. The summed E-state index contributed by atoms with van der Waals surface area (Å²) in [6, 6.07) is 18.0. The number of carboxylic acids is 2. The van der Waals surface area contributed by atoms with Crippen molar-refractivity contribution in [3.8, 4) is 5.75 Å². The lowest BCUT2D eigenvalue weighted by atomic mass is 10.2. The Hall–Kier alpha value is -3.11. The average molecular weight is 471 g/mol. The van der Waals surface area contributed by atoms with E-state index in [0.717, 1.165) is 30.8 Å². The van der Waals surface area contributed by atoms with Crippen molar-refractivity contribution in [3.05, 3.63) is 65.7 Å². The highest BCUT2D eigenvalue weighted by atomic mass is 19.4. The molecule has 0 unspecified atom stereocenters. The standard InChI is InChI=1S/C21H27NO4.C2HF3O2/c23-21(24)11-12-22-16-19-9-6-10-20(15-19)26-14-5-4-13-25-17-18-7-2-1-3-8-18;3-2(4,5)1(6)7/h1-3,6-10,15,22H,4-5,11-14,16-17H2,(H,23,24);(H,6,7). The third-order valence-electron chi connectivity index (χ3n) is 4.05. The van der Waals surface area contributed by atoms with Gasteiger partial charge < -0.3 is 25.0 Å². The number of nitrogens with one attached hydrogen (secondary N) is 1. The van der Waals surface area contributed by atoms with E-state index in [1.807, 2.05) is 42.5 Å². The molecule has 182 valence electrons. The molecule has 0 heterocycles. The maximum Gasteiger partial charge on any atom is 0.490 e. The van der Waals surface area contributed by atoms with Crippen LogP contribution < -0.4 is 10.1 Å². The van der Waals surface area contributed by atoms with E-state index in [1.54, 1.807) is 0 Å². The van der Waals surface area contributed by atoms with E-state index in [0.29, 0.717) is 26.3 Å². The predicted octanol–water partition coefficient (Wildman–Crippen LogP) is 4.26. The Kier molecular flexibility index (Phi) is 13.2. The average Bonchev–Trinajstić information content (AvgIpc) is 2.77. The number of carboxylic acid groups (broad SMARTS) is 2. The second-order valence-corrected chi connectivity index (χ2v) is 6.86. The van der Waals surface area contributed by atoms with Gasteiger partial charge in [0.1, 0.15) is 5.75 Å². The molecule has 0 aliphatic heterocycles. The summed E-state index contributed by atoms with van der Waals surface area (Å²) in [6.45, 7) is 3.14. The fourth-order valence-corrected chi connectivity index (χ4v) is 2.43. The van der Waals surface area contributed by atoms with Crippen LogP contribution in [0.1, 0.15) is 30.4 Å². The zero-order valence-electron chi connectivity index (χ0n) is 18.0. The second-order valence-electron chi connectivity index (χ2n) is 6.86. The molecular formula is C23H28F3NO6. The maximum atomic E-state index is 10.6. The van der Waals surface area contributed by atoms with Crippen molar-refractivity contribution >= 4 is 11.9 Å². The summed E-state index contributed by atoms with van der Waals surface area (Å²) in [5.41, 5.74) is 2.27. The van der Waals surface area contributed by atoms with Gasteiger partial charge >= 0.3 is 18.1 Å². The van der Waals surface area contributed by atoms with Gasteiger partial charge in [-0.05, 0) is 36.1 Å². The normalized spacial score (nSPS) is 10.8. The van der Waals surface area contributed by atoms with Gasteiger partial charge in [-0.3, -0.25) is 4.79 Å². The molecule has 0 saturated carbocycles. The van der Waals surface area contributed by atoms with Gasteiger partial charge in [-0.15, -0.1) is 0 Å². The molecule has 0 bridgehead atoms. The van der Waals surface area contributed by atoms with Crippen molar-refractivity contribution in [3.63, 3.8) is 0 Å². The maximum absolute atomic E-state index is 10.6. The lowest BCUT2D eigenvalue weighted by Gasteiger charge is -2.09. The molecule has 2 rings (SSSR count). The topological polar surface area (TPSA) is 105 Å². The summed E-state index contributed by atoms with van der Waals surface area (Å²) in [7, 11) is 0. The minimum Gasteiger partial charge on any atom is -0.494 e. The van der Waals surface area contributed by atoms with Crippen LogP contribution in [-0.2, 0) is 27.5 Å². The minimum atomic E-state index is -5.08. The first-order valence-electron chi connectivity index (χ1n) is 10.2. The fraction of sp³-hybridized carbons (Fsp3) is 0.391. The molecule has 0 aliphatic carbocycles. The Balaban J connectivity index is 0.000000675. The SMILES string of the molecule is O=C(O)C(F)(F)F.O=C(O)CCNCc1cccc(OCCCCOCc2ccccc2)c1. The molecule has 0 fully saturated rings. The highest BCUT2D eigenvalue weighted by molar-refractivity contribution is 5.73. The van der Waals surface area contributed by atoms with E-state index in [9.17, 15) is 18.0 Å². The molecule has 3 N–H and O–H groups in total. The molecule has 0 aliphatic rings. The Bertz CT molecular complexity index is 830. The quantitative estimate of drug-likeness (QED) is 0.375. The molecule has 33 heavy (non-hydrogen) atoms. The molecule has 10 heteroatoms. The predicted molar refractivity (Wildman–Crippen MR) is 115 cm³/mol. The first-order valence-corrected chi connectivity index (χ1v) is 10.2. The van der Waals surface area contributed by atoms with Crippen LogP contribution in [0.25, 0.3) is 0 Å². The van der Waals surface area contributed by atoms with E-state index in [1.165, 1.54) is 5.56 Å². The number of carbonyl (C=O) groups is 2. The zero-order valence-corrected chi connectivity index (χ0v) is 18.0. The summed E-state index contributed by atoms with van der Waals surface area (Å²) in [6.07, 6.45) is -3.05. The fourth-order valence-electron chi connectivity index (χ4n) is 2.43. The summed E-state index contributed by atoms with van der Waals surface area (Å²) in [5.74, 6) is -2.71. The molecule has 0 radical (unpaired) electrons. The number of unbranched alkanes of at least 4 members (excludes halogenated alkanes) is 1. The van der Waals surface area contributed by atoms with Crippen LogP contribution in [0.4, 0.5) is 13.2 Å². The van der Waals surface area contributed by atoms with E-state index in [2.05, 4.69) is 17.4 Å². The number of hydrogen-bond acceptors (Lipinski definition) is 5. The van der Waals surface area contributed by atoms with Crippen molar-refractivity contribution in [2.45, 2.75) is 38.6 Å². The number of aliphatic carboxylic acids is 2. The summed E-state index contributed by atoms with van der Waals surface area (Å²) in [5, 5.41) is 18.9. The van der Waals surface area contributed by atoms with Crippen molar-refractivity contribution in [1.29, 1.82) is 0 Å². The van der Waals surface area contributed by atoms with Gasteiger partial charge in [-0.2, -0.15) is 13.2 Å². The highest BCUT2D eigenvalue weighted by Gasteiger charge is 2.38. The molecule has 0 aromatic heterocycles. The highest BCUT2D eigenvalue weighted by Crippen LogP contribution is 2.14. The summed E-state index contributed by atoms with van der Waals surface area (Å²) < 4.78 is 43.2. The van der Waals surface area contributed by atoms with Crippen LogP contribution in [0.15, 0.2) is 54.6 Å². The monoisotopic (exact) mass is 471 g/mol. The Morgan fingerprint density at radius 3 is 2.18 bits per heavy atom. The van der Waals surface area contributed by atoms with E-state index >= 15 is 0 Å². The van der Waals surface area contributed by atoms with Crippen LogP contribution in [0, 0.1) is 0 Å². The van der Waals surface area contributed by atoms with Gasteiger partial charge in [0.05, 0.1) is 19.6 Å². The Morgan fingerprint density at radius 1 is 0.909 bits per heavy atom. The van der Waals surface area contributed by atoms with Gasteiger partial charge in [0, 0.05) is 19.7 Å². The number of ether oxygens (including phenoxy) is 2. The largest absolute Gasteiger partial charge is 0.494 e. The minimum absolute atomic E-state index is 0.128. The zero-order chi connectivity index (χ0) is 24.5. The molecule has 2 aromatic carbocycles. The van der Waals surface area contributed by atoms with Crippen LogP contribution in [0.5, 0.6) is 5.75 Å². The number of rotatable bonds is 13. The number of hydrogen-bond donors (Lipinski definition) is 3. The van der Waals surface area contributed by atoms with Crippen LogP contribution in [0.2, 0.25) is 0 Å². The van der Waals surface area contributed by atoms with Crippen LogP contribution >= 0.6 is 0 Å². The van der Waals surface area contributed by atoms with Gasteiger partial charge in [-0.1, -0.05) is 42.5 Å². The third-order valence-corrected chi connectivity index (χ3v) is 4.05. The Morgan fingerprint density at radius 2 is 1.55 bits per heavy atom. The second kappa shape index (κ2) is 15.7. The molecular weight excluding hydrogens is 443 g/mol. The third kappa shape index (κ3) is 14.6. The van der Waals surface area contributed by atoms with E-state index < -0.39 is 18.1 Å². The molecule has 0 amide bonds. The first kappa shape index (κ1) is 27.9. The van der Waals surface area contributed by atoms with Gasteiger partial charge in [0.15, 0.2) is 0 Å². The van der Waals surface area contributed by atoms with Crippen LogP contribution in [0.3, 0.4) is 0 Å². The molecule has 2 aromatic rings. The lowest BCUT2D eigenvalue weighted by molar-refractivity contribution is -0.192. The van der Waals surface area contributed by atoms with E-state index in [-0.39, 0.29) is 6.42 Å². The smallest absolute Gasteiger partial charge is 0.490 e. The van der Waals surface area contributed by atoms with Crippen molar-refractivity contribution in [2.75, 3.05) is 19.8 Å². The van der Waals surface area contributed by atoms with Gasteiger partial charge in [0.2, 0.25) is 0 Å². The number of benzene rings is 2. The van der Waals surface area contributed by atoms with Gasteiger partial charge in [-0.25, -0.2) is 4.79 Å². The summed E-state index contributed by atoms with van der Waals surface area (Å²) >= 11 is 0. The van der Waals surface area contributed by atoms with Gasteiger partial charge in [0.25, 0.3) is 0 Å². The van der Waals surface area contributed by atoms with Crippen molar-refractivity contribution in [1.82, 2.24) is 5.32 Å². The molecule has 0 saturated heterocycles. The molecule has 0 atom stereocenters. The van der Waals surface area contributed by atoms with E-state index in [4.69, 9.17) is 24.5 Å². The van der Waals surface area contributed by atoms with Crippen molar-refractivity contribution in [2.24, 2.45) is 0 Å². The first-order chi connectivity index (χ1) is 15.7. The van der Waals surface area contributed by atoms with Crippen molar-refractivity contribution < 1.29 is 42.4 Å². The van der Waals surface area contributed by atoms with Crippen LogP contribution in [-0.4, -0.2) is 48.1 Å². The lowest BCUT2D eigenvalue weighted by Crippen LogP contribution is -2.21. The number of halogens is 3.